The van der Waals surface area contributed by atoms with Crippen molar-refractivity contribution in [2.45, 2.75) is 64.7 Å². The van der Waals surface area contributed by atoms with Gasteiger partial charge in [-0.2, -0.15) is 0 Å². The van der Waals surface area contributed by atoms with Crippen molar-refractivity contribution < 1.29 is 14.6 Å². The maximum absolute atomic E-state index is 10.7. The van der Waals surface area contributed by atoms with E-state index in [9.17, 15) is 4.79 Å². The van der Waals surface area contributed by atoms with Crippen LogP contribution in [0.15, 0.2) is 29.3 Å². The van der Waals surface area contributed by atoms with E-state index in [1.165, 1.54) is 44.1 Å². The summed E-state index contributed by atoms with van der Waals surface area (Å²) < 4.78 is 5.96. The molecule has 0 aromatic heterocycles. The summed E-state index contributed by atoms with van der Waals surface area (Å²) in [5, 5.41) is 9.34. The average molecular weight is 351 g/mol. The molecule has 1 aliphatic rings. The molecule has 0 radical (unpaired) electrons. The molecule has 1 aromatic rings. The second kappa shape index (κ2) is 9.73. The topological polar surface area (TPSA) is 46.5 Å². The number of aryl methyl sites for hydroxylation is 1. The monoisotopic (exact) mass is 350 g/mol. The smallest absolute Gasteiger partial charge is 0.303 e. The first-order chi connectivity index (χ1) is 11.6. The molecule has 24 heavy (non-hydrogen) atoms. The number of rotatable bonds is 9. The number of benzene rings is 1. The molecule has 0 heterocycles. The van der Waals surface area contributed by atoms with Gasteiger partial charge in [0, 0.05) is 11.4 Å². The summed E-state index contributed by atoms with van der Waals surface area (Å²) in [6, 6.07) is 5.56. The van der Waals surface area contributed by atoms with Gasteiger partial charge in [-0.3, -0.25) is 4.79 Å². The van der Waals surface area contributed by atoms with Crippen LogP contribution in [-0.2, 0) is 11.2 Å². The highest BCUT2D eigenvalue weighted by Gasteiger charge is 2.13. The Bertz CT molecular complexity index is 593. The number of allylic oxidation sites excluding steroid dienone is 1. The van der Waals surface area contributed by atoms with Crippen LogP contribution >= 0.6 is 11.6 Å². The van der Waals surface area contributed by atoms with Crippen LogP contribution in [-0.4, -0.2) is 17.7 Å². The maximum Gasteiger partial charge on any atom is 0.303 e. The molecule has 3 nitrogen and oxygen atoms in total. The van der Waals surface area contributed by atoms with E-state index >= 15 is 0 Å². The maximum atomic E-state index is 10.7. The predicted molar refractivity (Wildman–Crippen MR) is 97.9 cm³/mol. The summed E-state index contributed by atoms with van der Waals surface area (Å²) in [6.45, 7) is 2.87. The van der Waals surface area contributed by atoms with Crippen molar-refractivity contribution in [2.24, 2.45) is 0 Å². The molecule has 0 saturated carbocycles. The molecule has 132 valence electrons. The van der Waals surface area contributed by atoms with Gasteiger partial charge < -0.3 is 9.84 Å². The lowest BCUT2D eigenvalue weighted by molar-refractivity contribution is -0.136. The van der Waals surface area contributed by atoms with Crippen molar-refractivity contribution in [1.82, 2.24) is 0 Å². The Balaban J connectivity index is 1.96. The van der Waals surface area contributed by atoms with Crippen molar-refractivity contribution in [1.29, 1.82) is 0 Å². The van der Waals surface area contributed by atoms with E-state index in [-0.39, 0.29) is 6.42 Å². The zero-order valence-corrected chi connectivity index (χ0v) is 15.2. The molecule has 2 rings (SSSR count). The molecule has 0 atom stereocenters. The molecule has 1 aromatic carbocycles. The number of carboxylic acid groups (broad SMARTS) is 1. The highest BCUT2D eigenvalue weighted by atomic mass is 35.5. The number of hydrogen-bond donors (Lipinski definition) is 1. The summed E-state index contributed by atoms with van der Waals surface area (Å²) in [7, 11) is 0. The lowest BCUT2D eigenvalue weighted by Gasteiger charge is -2.21. The molecular formula is C20H27ClO3. The molecule has 4 heteroatoms. The van der Waals surface area contributed by atoms with E-state index in [1.807, 2.05) is 12.1 Å². The summed E-state index contributed by atoms with van der Waals surface area (Å²) in [4.78, 5) is 10.7. The molecule has 1 aliphatic carbocycles. The minimum Gasteiger partial charge on any atom is -0.489 e. The van der Waals surface area contributed by atoms with Gasteiger partial charge in [-0.05, 0) is 68.2 Å². The Kier molecular flexibility index (Phi) is 7.64. The van der Waals surface area contributed by atoms with Crippen LogP contribution in [0.25, 0.3) is 0 Å². The Morgan fingerprint density at radius 3 is 2.62 bits per heavy atom. The van der Waals surface area contributed by atoms with E-state index in [1.54, 1.807) is 11.6 Å². The number of hydrogen-bond acceptors (Lipinski definition) is 2. The van der Waals surface area contributed by atoms with Gasteiger partial charge in [-0.1, -0.05) is 36.6 Å². The summed E-state index contributed by atoms with van der Waals surface area (Å²) >= 11 is 6.25. The SMILES string of the molecule is CCCCC1=C(COc2ccc(CCC(=O)O)c(Cl)c2)CCCC1. The van der Waals surface area contributed by atoms with Crippen LogP contribution in [0.4, 0.5) is 0 Å². The fraction of sp³-hybridized carbons (Fsp3) is 0.550. The van der Waals surface area contributed by atoms with E-state index in [0.717, 1.165) is 17.7 Å². The first kappa shape index (κ1) is 18.9. The Morgan fingerprint density at radius 2 is 1.96 bits per heavy atom. The quantitative estimate of drug-likeness (QED) is 0.573. The van der Waals surface area contributed by atoms with Gasteiger partial charge in [0.05, 0.1) is 0 Å². The highest BCUT2D eigenvalue weighted by Crippen LogP contribution is 2.30. The fourth-order valence-corrected chi connectivity index (χ4v) is 3.39. The van der Waals surface area contributed by atoms with Crippen LogP contribution in [0.5, 0.6) is 5.75 Å². The van der Waals surface area contributed by atoms with E-state index < -0.39 is 5.97 Å². The van der Waals surface area contributed by atoms with Gasteiger partial charge in [-0.25, -0.2) is 0 Å². The largest absolute Gasteiger partial charge is 0.489 e. The Morgan fingerprint density at radius 1 is 1.21 bits per heavy atom. The Labute approximate surface area is 149 Å². The molecule has 0 spiro atoms. The van der Waals surface area contributed by atoms with Crippen molar-refractivity contribution in [3.8, 4) is 5.75 Å². The van der Waals surface area contributed by atoms with Gasteiger partial charge >= 0.3 is 5.97 Å². The van der Waals surface area contributed by atoms with E-state index in [2.05, 4.69) is 6.92 Å². The number of ether oxygens (including phenoxy) is 1. The molecule has 0 aliphatic heterocycles. The van der Waals surface area contributed by atoms with Crippen LogP contribution in [0.3, 0.4) is 0 Å². The molecule has 0 fully saturated rings. The molecular weight excluding hydrogens is 324 g/mol. The number of unbranched alkanes of at least 4 members (excludes halogenated alkanes) is 1. The number of carboxylic acids is 1. The van der Waals surface area contributed by atoms with Gasteiger partial charge in [-0.15, -0.1) is 0 Å². The minimum absolute atomic E-state index is 0.0909. The van der Waals surface area contributed by atoms with Crippen LogP contribution in [0.2, 0.25) is 5.02 Å². The summed E-state index contributed by atoms with van der Waals surface area (Å²) in [5.41, 5.74) is 3.90. The van der Waals surface area contributed by atoms with Gasteiger partial charge in [0.2, 0.25) is 0 Å². The van der Waals surface area contributed by atoms with Crippen LogP contribution in [0, 0.1) is 0 Å². The third kappa shape index (κ3) is 5.86. The number of aliphatic carboxylic acids is 1. The van der Waals surface area contributed by atoms with Crippen LogP contribution < -0.4 is 4.74 Å². The molecule has 0 unspecified atom stereocenters. The molecule has 0 saturated heterocycles. The highest BCUT2D eigenvalue weighted by molar-refractivity contribution is 6.31. The summed E-state index contributed by atoms with van der Waals surface area (Å²) in [5.74, 6) is -0.0535. The first-order valence-electron chi connectivity index (χ1n) is 8.93. The van der Waals surface area contributed by atoms with E-state index in [4.69, 9.17) is 21.4 Å². The molecule has 0 amide bonds. The van der Waals surface area contributed by atoms with Crippen LogP contribution in [0.1, 0.15) is 63.9 Å². The van der Waals surface area contributed by atoms with Crippen molar-refractivity contribution >= 4 is 17.6 Å². The average Bonchev–Trinajstić information content (AvgIpc) is 2.57. The van der Waals surface area contributed by atoms with Gasteiger partial charge in [0.1, 0.15) is 12.4 Å². The lowest BCUT2D eigenvalue weighted by Crippen LogP contribution is -2.09. The van der Waals surface area contributed by atoms with Crippen molar-refractivity contribution in [3.05, 3.63) is 39.9 Å². The predicted octanol–water partition coefficient (Wildman–Crippen LogP) is 5.80. The van der Waals surface area contributed by atoms with Gasteiger partial charge in [0.25, 0.3) is 0 Å². The van der Waals surface area contributed by atoms with Gasteiger partial charge in [0.15, 0.2) is 0 Å². The zero-order chi connectivity index (χ0) is 17.4. The number of halogens is 1. The third-order valence-electron chi connectivity index (χ3n) is 4.59. The molecule has 1 N–H and O–H groups in total. The van der Waals surface area contributed by atoms with Crippen molar-refractivity contribution in [2.75, 3.05) is 6.61 Å². The number of carbonyl (C=O) groups is 1. The normalized spacial score (nSPS) is 14.8. The second-order valence-electron chi connectivity index (χ2n) is 6.45. The minimum atomic E-state index is -0.810. The molecule has 0 bridgehead atoms. The van der Waals surface area contributed by atoms with Crippen molar-refractivity contribution in [3.63, 3.8) is 0 Å². The first-order valence-corrected chi connectivity index (χ1v) is 9.30. The fourth-order valence-electron chi connectivity index (χ4n) is 3.13. The third-order valence-corrected chi connectivity index (χ3v) is 4.94. The standard InChI is InChI=1S/C20H27ClO3/c1-2-3-6-15-7-4-5-8-17(15)14-24-18-11-9-16(19(21)13-18)10-12-20(22)23/h9,11,13H,2-8,10,12,14H2,1H3,(H,22,23). The van der Waals surface area contributed by atoms with E-state index in [0.29, 0.717) is 18.1 Å². The zero-order valence-electron chi connectivity index (χ0n) is 14.4. The second-order valence-corrected chi connectivity index (χ2v) is 6.86. The lowest BCUT2D eigenvalue weighted by atomic mass is 9.89. The Hall–Kier alpha value is -1.48. The summed E-state index contributed by atoms with van der Waals surface area (Å²) in [6.07, 6.45) is 9.12.